The Bertz CT molecular complexity index is 1200. The van der Waals surface area contributed by atoms with E-state index in [4.69, 9.17) is 5.10 Å². The number of amides is 1. The fraction of sp³-hybridized carbons (Fsp3) is 0.429. The first kappa shape index (κ1) is 26.4. The van der Waals surface area contributed by atoms with Crippen LogP contribution < -0.4 is 4.90 Å². The normalized spacial score (nSPS) is 14.5. The summed E-state index contributed by atoms with van der Waals surface area (Å²) in [6.07, 6.45) is 0. The van der Waals surface area contributed by atoms with Crippen LogP contribution in [0.1, 0.15) is 42.4 Å². The molecular weight excluding hydrogens is 521 g/mol. The van der Waals surface area contributed by atoms with Crippen molar-refractivity contribution in [1.82, 2.24) is 19.6 Å². The van der Waals surface area contributed by atoms with Crippen molar-refractivity contribution in [3.8, 4) is 5.69 Å². The molecule has 192 valence electrons. The van der Waals surface area contributed by atoms with E-state index in [2.05, 4.69) is 46.5 Å². The summed E-state index contributed by atoms with van der Waals surface area (Å²) in [7, 11) is 0. The predicted octanol–water partition coefficient (Wildman–Crippen LogP) is 5.52. The summed E-state index contributed by atoms with van der Waals surface area (Å²) in [6.45, 7) is 14.1. The molecule has 8 heteroatoms. The summed E-state index contributed by atoms with van der Waals surface area (Å²) >= 11 is 3.55. The summed E-state index contributed by atoms with van der Waals surface area (Å²) in [6, 6.07) is 14.1. The fourth-order valence-corrected chi connectivity index (χ4v) is 5.23. The molecule has 0 radical (unpaired) electrons. The molecule has 6 nitrogen and oxygen atoms in total. The maximum atomic E-state index is 14.2. The first-order chi connectivity index (χ1) is 17.3. The highest BCUT2D eigenvalue weighted by Crippen LogP contribution is 2.31. The number of anilines is 1. The van der Waals surface area contributed by atoms with Crippen molar-refractivity contribution in [2.75, 3.05) is 44.2 Å². The van der Waals surface area contributed by atoms with Crippen LogP contribution in [0.15, 0.2) is 53.0 Å². The zero-order chi connectivity index (χ0) is 25.8. The molecule has 2 aromatic carbocycles. The van der Waals surface area contributed by atoms with Crippen molar-refractivity contribution in [2.24, 2.45) is 5.92 Å². The minimum absolute atomic E-state index is 0.0177. The molecule has 3 aromatic rings. The van der Waals surface area contributed by atoms with Crippen LogP contribution >= 0.6 is 15.9 Å². The molecule has 0 spiro atoms. The summed E-state index contributed by atoms with van der Waals surface area (Å²) in [5.74, 6) is 0.930. The summed E-state index contributed by atoms with van der Waals surface area (Å²) in [5, 5.41) is 4.87. The van der Waals surface area contributed by atoms with Crippen molar-refractivity contribution in [2.45, 2.75) is 34.2 Å². The molecule has 1 aliphatic rings. The number of hydrogen-bond donors (Lipinski definition) is 0. The van der Waals surface area contributed by atoms with Crippen LogP contribution in [-0.4, -0.2) is 64.8 Å². The number of piperazine rings is 1. The monoisotopic (exact) mass is 555 g/mol. The molecule has 1 amide bonds. The Labute approximate surface area is 221 Å². The highest BCUT2D eigenvalue weighted by Gasteiger charge is 2.28. The zero-order valence-corrected chi connectivity index (χ0v) is 23.1. The first-order valence-corrected chi connectivity index (χ1v) is 13.4. The van der Waals surface area contributed by atoms with Gasteiger partial charge in [-0.2, -0.15) is 5.10 Å². The maximum Gasteiger partial charge on any atom is 0.255 e. The Morgan fingerprint density at radius 1 is 1.11 bits per heavy atom. The van der Waals surface area contributed by atoms with Crippen LogP contribution in [0.25, 0.3) is 5.69 Å². The molecule has 1 aliphatic heterocycles. The number of likely N-dealkylation sites (N-methyl/N-ethyl adjacent to an activating group) is 1. The van der Waals surface area contributed by atoms with E-state index < -0.39 is 0 Å². The van der Waals surface area contributed by atoms with Gasteiger partial charge in [0.1, 0.15) is 11.6 Å². The summed E-state index contributed by atoms with van der Waals surface area (Å²) in [5.41, 5.74) is 3.18. The van der Waals surface area contributed by atoms with E-state index in [0.29, 0.717) is 30.3 Å². The molecule has 0 N–H and O–H groups in total. The molecule has 0 aliphatic carbocycles. The minimum Gasteiger partial charge on any atom is -0.354 e. The van der Waals surface area contributed by atoms with Gasteiger partial charge in [0.2, 0.25) is 0 Å². The lowest BCUT2D eigenvalue weighted by Crippen LogP contribution is -2.47. The van der Waals surface area contributed by atoms with Gasteiger partial charge in [-0.05, 0) is 65.6 Å². The van der Waals surface area contributed by atoms with Crippen LogP contribution in [0.3, 0.4) is 0 Å². The van der Waals surface area contributed by atoms with Crippen molar-refractivity contribution in [3.05, 3.63) is 75.6 Å². The second kappa shape index (κ2) is 11.6. The van der Waals surface area contributed by atoms with Crippen LogP contribution in [0.4, 0.5) is 10.2 Å². The molecule has 1 saturated heterocycles. The number of carbonyl (C=O) groups excluding carboxylic acids is 1. The van der Waals surface area contributed by atoms with Crippen molar-refractivity contribution >= 4 is 27.7 Å². The van der Waals surface area contributed by atoms with E-state index in [0.717, 1.165) is 54.3 Å². The maximum absolute atomic E-state index is 14.2. The molecular formula is C28H35BrFN5O. The Kier molecular flexibility index (Phi) is 8.46. The van der Waals surface area contributed by atoms with E-state index in [1.165, 1.54) is 12.1 Å². The van der Waals surface area contributed by atoms with Gasteiger partial charge >= 0.3 is 0 Å². The number of nitrogens with zero attached hydrogens (tertiary/aromatic N) is 5. The average molecular weight is 557 g/mol. The summed E-state index contributed by atoms with van der Waals surface area (Å²) < 4.78 is 16.8. The SMILES string of the molecule is CCN1CCN(c2c(CN(CC(C)C)C(=O)c3ccccc3Br)c(C)nn2-c2cccc(F)c2)CC1. The lowest BCUT2D eigenvalue weighted by Gasteiger charge is -2.36. The number of aromatic nitrogens is 2. The Morgan fingerprint density at radius 2 is 1.83 bits per heavy atom. The molecule has 0 bridgehead atoms. The molecule has 0 unspecified atom stereocenters. The minimum atomic E-state index is -0.297. The van der Waals surface area contributed by atoms with Gasteiger partial charge in [-0.1, -0.05) is 39.0 Å². The predicted molar refractivity (Wildman–Crippen MR) is 146 cm³/mol. The molecule has 0 saturated carbocycles. The number of halogens is 2. The number of aryl methyl sites for hydroxylation is 1. The quantitative estimate of drug-likeness (QED) is 0.367. The third-order valence-electron chi connectivity index (χ3n) is 6.66. The lowest BCUT2D eigenvalue weighted by atomic mass is 10.1. The Morgan fingerprint density at radius 3 is 2.47 bits per heavy atom. The van der Waals surface area contributed by atoms with Gasteiger partial charge in [0.25, 0.3) is 5.91 Å². The van der Waals surface area contributed by atoms with Crippen LogP contribution in [0, 0.1) is 18.7 Å². The second-order valence-corrected chi connectivity index (χ2v) is 10.6. The van der Waals surface area contributed by atoms with Gasteiger partial charge < -0.3 is 14.7 Å². The van der Waals surface area contributed by atoms with Crippen LogP contribution in [0.5, 0.6) is 0 Å². The van der Waals surface area contributed by atoms with E-state index in [-0.39, 0.29) is 11.7 Å². The molecule has 0 atom stereocenters. The van der Waals surface area contributed by atoms with Crippen molar-refractivity contribution < 1.29 is 9.18 Å². The number of benzene rings is 2. The topological polar surface area (TPSA) is 44.6 Å². The standard InChI is InChI=1S/C28H35BrFN5O/c1-5-32-13-15-33(16-14-32)27-25(21(4)31-35(27)23-10-8-9-22(30)17-23)19-34(18-20(2)3)28(36)24-11-6-7-12-26(24)29/h6-12,17,20H,5,13-16,18-19H2,1-4H3. The molecule has 4 rings (SSSR count). The second-order valence-electron chi connectivity index (χ2n) is 9.76. The van der Waals surface area contributed by atoms with Gasteiger partial charge in [-0.25, -0.2) is 9.07 Å². The van der Waals surface area contributed by atoms with E-state index in [1.807, 2.05) is 46.8 Å². The third kappa shape index (κ3) is 5.81. The largest absolute Gasteiger partial charge is 0.354 e. The third-order valence-corrected chi connectivity index (χ3v) is 7.35. The van der Waals surface area contributed by atoms with E-state index >= 15 is 0 Å². The molecule has 1 aromatic heterocycles. The van der Waals surface area contributed by atoms with Crippen molar-refractivity contribution in [3.63, 3.8) is 0 Å². The number of carbonyl (C=O) groups is 1. The average Bonchev–Trinajstić information content (AvgIpc) is 3.19. The lowest BCUT2D eigenvalue weighted by molar-refractivity contribution is 0.0721. The smallest absolute Gasteiger partial charge is 0.255 e. The van der Waals surface area contributed by atoms with E-state index in [9.17, 15) is 9.18 Å². The van der Waals surface area contributed by atoms with Gasteiger partial charge in [-0.3, -0.25) is 4.79 Å². The molecule has 1 fully saturated rings. The van der Waals surface area contributed by atoms with Crippen molar-refractivity contribution in [1.29, 1.82) is 0 Å². The number of rotatable bonds is 8. The van der Waals surface area contributed by atoms with Crippen LogP contribution in [0.2, 0.25) is 0 Å². The first-order valence-electron chi connectivity index (χ1n) is 12.6. The Hall–Kier alpha value is -2.71. The van der Waals surface area contributed by atoms with Gasteiger partial charge in [0, 0.05) is 42.8 Å². The Balaban J connectivity index is 1.77. The highest BCUT2D eigenvalue weighted by atomic mass is 79.9. The van der Waals surface area contributed by atoms with E-state index in [1.54, 1.807) is 6.07 Å². The fourth-order valence-electron chi connectivity index (χ4n) is 4.78. The van der Waals surface area contributed by atoms with Crippen LogP contribution in [-0.2, 0) is 6.54 Å². The molecule has 36 heavy (non-hydrogen) atoms. The number of hydrogen-bond acceptors (Lipinski definition) is 4. The van der Waals surface area contributed by atoms with Gasteiger partial charge in [0.15, 0.2) is 0 Å². The zero-order valence-electron chi connectivity index (χ0n) is 21.5. The summed E-state index contributed by atoms with van der Waals surface area (Å²) in [4.78, 5) is 20.4. The molecule has 2 heterocycles. The van der Waals surface area contributed by atoms with Gasteiger partial charge in [0.05, 0.1) is 23.5 Å². The van der Waals surface area contributed by atoms with Gasteiger partial charge in [-0.15, -0.1) is 0 Å². The highest BCUT2D eigenvalue weighted by molar-refractivity contribution is 9.10.